The van der Waals surface area contributed by atoms with Crippen molar-refractivity contribution in [3.63, 3.8) is 0 Å². The molecule has 0 atom stereocenters. The van der Waals surface area contributed by atoms with Crippen LogP contribution in [0.3, 0.4) is 0 Å². The van der Waals surface area contributed by atoms with Gasteiger partial charge in [-0.3, -0.25) is 4.79 Å². The average molecular weight is 297 g/mol. The molecule has 1 aliphatic carbocycles. The highest BCUT2D eigenvalue weighted by molar-refractivity contribution is 7.89. The summed E-state index contributed by atoms with van der Waals surface area (Å²) in [6, 6.07) is 5.07. The molecule has 20 heavy (non-hydrogen) atoms. The maximum Gasteiger partial charge on any atom is 0.324 e. The molecule has 0 aliphatic heterocycles. The first-order chi connectivity index (χ1) is 9.17. The standard InChI is InChI=1S/C14H19NO4S/c1-14(2,13(16)17)15(3)20(18,19)12-8-7-10-5-4-6-11(10)9-12/h7-9H,4-6H2,1-3H3,(H,16,17). The Kier molecular flexibility index (Phi) is 3.64. The molecule has 0 fully saturated rings. The molecule has 0 bridgehead atoms. The second-order valence-electron chi connectivity index (χ2n) is 5.62. The van der Waals surface area contributed by atoms with Crippen LogP contribution in [0.1, 0.15) is 31.4 Å². The minimum atomic E-state index is -3.81. The van der Waals surface area contributed by atoms with Gasteiger partial charge in [-0.2, -0.15) is 4.31 Å². The van der Waals surface area contributed by atoms with E-state index in [0.717, 1.165) is 29.1 Å². The van der Waals surface area contributed by atoms with E-state index < -0.39 is 21.5 Å². The Bertz CT molecular complexity index is 649. The number of benzene rings is 1. The van der Waals surface area contributed by atoms with Gasteiger partial charge in [-0.25, -0.2) is 8.42 Å². The first-order valence-electron chi connectivity index (χ1n) is 6.51. The number of aryl methyl sites for hydroxylation is 2. The SMILES string of the molecule is CN(C(C)(C)C(=O)O)S(=O)(=O)c1ccc2c(c1)CCC2. The van der Waals surface area contributed by atoms with Crippen LogP contribution in [0, 0.1) is 0 Å². The van der Waals surface area contributed by atoms with Crippen molar-refractivity contribution in [1.29, 1.82) is 0 Å². The zero-order valence-electron chi connectivity index (χ0n) is 11.9. The molecule has 1 aliphatic rings. The average Bonchev–Trinajstić information content (AvgIpc) is 2.84. The van der Waals surface area contributed by atoms with Gasteiger partial charge in [-0.05, 0) is 56.4 Å². The Morgan fingerprint density at radius 3 is 2.45 bits per heavy atom. The summed E-state index contributed by atoms with van der Waals surface area (Å²) in [6.07, 6.45) is 2.89. The van der Waals surface area contributed by atoms with Crippen LogP contribution in [0.2, 0.25) is 0 Å². The number of hydrogen-bond donors (Lipinski definition) is 1. The molecule has 5 nitrogen and oxygen atoms in total. The van der Waals surface area contributed by atoms with Crippen LogP contribution in [-0.2, 0) is 27.7 Å². The molecular formula is C14H19NO4S. The van der Waals surface area contributed by atoms with Crippen molar-refractivity contribution in [3.05, 3.63) is 29.3 Å². The number of hydrogen-bond acceptors (Lipinski definition) is 3. The van der Waals surface area contributed by atoms with Gasteiger partial charge in [0.05, 0.1) is 4.90 Å². The Morgan fingerprint density at radius 1 is 1.25 bits per heavy atom. The molecule has 0 aromatic heterocycles. The van der Waals surface area contributed by atoms with E-state index in [2.05, 4.69) is 0 Å². The molecule has 1 aromatic rings. The van der Waals surface area contributed by atoms with E-state index in [-0.39, 0.29) is 4.90 Å². The van der Waals surface area contributed by atoms with Crippen molar-refractivity contribution in [2.75, 3.05) is 7.05 Å². The molecular weight excluding hydrogens is 278 g/mol. The highest BCUT2D eigenvalue weighted by atomic mass is 32.2. The van der Waals surface area contributed by atoms with E-state index in [0.29, 0.717) is 0 Å². The minimum absolute atomic E-state index is 0.162. The van der Waals surface area contributed by atoms with Gasteiger partial charge >= 0.3 is 5.97 Å². The van der Waals surface area contributed by atoms with Crippen LogP contribution in [0.25, 0.3) is 0 Å². The summed E-state index contributed by atoms with van der Waals surface area (Å²) in [5.74, 6) is -1.18. The maximum atomic E-state index is 12.5. The third kappa shape index (κ3) is 2.33. The number of aliphatic carboxylic acids is 1. The summed E-state index contributed by atoms with van der Waals surface area (Å²) in [4.78, 5) is 11.4. The maximum absolute atomic E-state index is 12.5. The number of fused-ring (bicyclic) bond motifs is 1. The van der Waals surface area contributed by atoms with Crippen LogP contribution < -0.4 is 0 Å². The third-order valence-electron chi connectivity index (χ3n) is 4.04. The predicted molar refractivity (Wildman–Crippen MR) is 75.1 cm³/mol. The normalized spacial score (nSPS) is 15.4. The predicted octanol–water partition coefficient (Wildman–Crippen LogP) is 1.66. The topological polar surface area (TPSA) is 74.7 Å². The second-order valence-corrected chi connectivity index (χ2v) is 7.59. The molecule has 0 heterocycles. The third-order valence-corrected chi connectivity index (χ3v) is 6.07. The lowest BCUT2D eigenvalue weighted by atomic mass is 10.1. The first kappa shape index (κ1) is 15.0. The van der Waals surface area contributed by atoms with Crippen LogP contribution >= 0.6 is 0 Å². The second kappa shape index (κ2) is 4.86. The molecule has 2 rings (SSSR count). The van der Waals surface area contributed by atoms with Gasteiger partial charge in [-0.15, -0.1) is 0 Å². The fraction of sp³-hybridized carbons (Fsp3) is 0.500. The fourth-order valence-corrected chi connectivity index (χ4v) is 3.83. The largest absolute Gasteiger partial charge is 0.480 e. The molecule has 0 saturated carbocycles. The molecule has 1 N–H and O–H groups in total. The lowest BCUT2D eigenvalue weighted by Gasteiger charge is -2.30. The number of carbonyl (C=O) groups is 1. The van der Waals surface area contributed by atoms with Gasteiger partial charge in [0.15, 0.2) is 0 Å². The van der Waals surface area contributed by atoms with Crippen molar-refractivity contribution >= 4 is 16.0 Å². The summed E-state index contributed by atoms with van der Waals surface area (Å²) in [7, 11) is -2.51. The molecule has 0 amide bonds. The number of carboxylic acid groups (broad SMARTS) is 1. The zero-order chi connectivity index (χ0) is 15.1. The monoisotopic (exact) mass is 297 g/mol. The van der Waals surface area contributed by atoms with Crippen molar-refractivity contribution in [2.24, 2.45) is 0 Å². The van der Waals surface area contributed by atoms with Gasteiger partial charge < -0.3 is 5.11 Å². The molecule has 1 aromatic carbocycles. The van der Waals surface area contributed by atoms with E-state index in [1.165, 1.54) is 26.5 Å². The summed E-state index contributed by atoms with van der Waals surface area (Å²) >= 11 is 0. The number of nitrogens with zero attached hydrogens (tertiary/aromatic N) is 1. The van der Waals surface area contributed by atoms with E-state index in [1.54, 1.807) is 12.1 Å². The minimum Gasteiger partial charge on any atom is -0.480 e. The Hall–Kier alpha value is -1.40. The van der Waals surface area contributed by atoms with Crippen LogP contribution in [0.5, 0.6) is 0 Å². The summed E-state index contributed by atoms with van der Waals surface area (Å²) in [5, 5.41) is 9.17. The molecule has 6 heteroatoms. The smallest absolute Gasteiger partial charge is 0.324 e. The first-order valence-corrected chi connectivity index (χ1v) is 7.95. The Balaban J connectivity index is 2.43. The van der Waals surface area contributed by atoms with Crippen molar-refractivity contribution in [2.45, 2.75) is 43.5 Å². The highest BCUT2D eigenvalue weighted by Crippen LogP contribution is 2.28. The Labute approximate surface area is 119 Å². The van der Waals surface area contributed by atoms with Crippen LogP contribution in [-0.4, -0.2) is 36.4 Å². The van der Waals surface area contributed by atoms with Gasteiger partial charge in [0.1, 0.15) is 5.54 Å². The van der Waals surface area contributed by atoms with E-state index in [9.17, 15) is 18.3 Å². The highest BCUT2D eigenvalue weighted by Gasteiger charge is 2.40. The summed E-state index contributed by atoms with van der Waals surface area (Å²) < 4.78 is 26.0. The summed E-state index contributed by atoms with van der Waals surface area (Å²) in [5.41, 5.74) is 0.745. The lowest BCUT2D eigenvalue weighted by molar-refractivity contribution is -0.145. The van der Waals surface area contributed by atoms with Gasteiger partial charge in [0, 0.05) is 7.05 Å². The Morgan fingerprint density at radius 2 is 1.85 bits per heavy atom. The summed E-state index contributed by atoms with van der Waals surface area (Å²) in [6.45, 7) is 2.75. The van der Waals surface area contributed by atoms with Gasteiger partial charge in [0.25, 0.3) is 0 Å². The molecule has 0 spiro atoms. The number of carboxylic acids is 1. The van der Waals surface area contributed by atoms with Crippen molar-refractivity contribution in [1.82, 2.24) is 4.31 Å². The zero-order valence-corrected chi connectivity index (χ0v) is 12.7. The van der Waals surface area contributed by atoms with E-state index >= 15 is 0 Å². The van der Waals surface area contributed by atoms with Gasteiger partial charge in [-0.1, -0.05) is 6.07 Å². The van der Waals surface area contributed by atoms with E-state index in [1.807, 2.05) is 6.07 Å². The fourth-order valence-electron chi connectivity index (χ4n) is 2.30. The number of likely N-dealkylation sites (N-methyl/N-ethyl adjacent to an activating group) is 1. The van der Waals surface area contributed by atoms with Crippen molar-refractivity contribution < 1.29 is 18.3 Å². The quantitative estimate of drug-likeness (QED) is 0.917. The van der Waals surface area contributed by atoms with Crippen LogP contribution in [0.4, 0.5) is 0 Å². The molecule has 0 saturated heterocycles. The number of sulfonamides is 1. The lowest BCUT2D eigenvalue weighted by Crippen LogP contribution is -2.50. The van der Waals surface area contributed by atoms with Gasteiger partial charge in [0.2, 0.25) is 10.0 Å². The van der Waals surface area contributed by atoms with Crippen LogP contribution in [0.15, 0.2) is 23.1 Å². The van der Waals surface area contributed by atoms with Crippen molar-refractivity contribution in [3.8, 4) is 0 Å². The molecule has 110 valence electrons. The van der Waals surface area contributed by atoms with E-state index in [4.69, 9.17) is 0 Å². The molecule has 0 unspecified atom stereocenters. The molecule has 0 radical (unpaired) electrons. The number of rotatable bonds is 4.